The second-order valence-corrected chi connectivity index (χ2v) is 3.50. The molecular weight excluding hydrogens is 178 g/mol. The molecule has 0 saturated carbocycles. The van der Waals surface area contributed by atoms with E-state index in [1.807, 2.05) is 25.5 Å². The molecule has 5 heteroatoms. The van der Waals surface area contributed by atoms with E-state index >= 15 is 0 Å². The van der Waals surface area contributed by atoms with Gasteiger partial charge in [0.25, 0.3) is 0 Å². The third-order valence-electron chi connectivity index (χ3n) is 1.91. The number of aromatic amines is 1. The van der Waals surface area contributed by atoms with Gasteiger partial charge >= 0.3 is 0 Å². The Bertz CT molecular complexity index is 505. The second kappa shape index (κ2) is 3.25. The van der Waals surface area contributed by atoms with Crippen LogP contribution in [0.15, 0.2) is 17.6 Å². The molecule has 0 saturated heterocycles. The van der Waals surface area contributed by atoms with Gasteiger partial charge in [0, 0.05) is 13.1 Å². The van der Waals surface area contributed by atoms with E-state index in [0.717, 1.165) is 16.7 Å². The van der Waals surface area contributed by atoms with Gasteiger partial charge < -0.3 is 9.55 Å². The van der Waals surface area contributed by atoms with Crippen molar-refractivity contribution < 1.29 is 0 Å². The van der Waals surface area contributed by atoms with E-state index in [1.54, 1.807) is 12.7 Å². The summed E-state index contributed by atoms with van der Waals surface area (Å²) in [5.74, 6) is 0. The van der Waals surface area contributed by atoms with Crippen LogP contribution in [0.1, 0.15) is 13.8 Å². The summed E-state index contributed by atoms with van der Waals surface area (Å²) in [4.78, 5) is 15.9. The SMILES string of the molecule is CC(C)N=c1ncn(C)c2nc[nH]c12. The molecule has 0 fully saturated rings. The van der Waals surface area contributed by atoms with Crippen LogP contribution in [0.2, 0.25) is 0 Å². The summed E-state index contributed by atoms with van der Waals surface area (Å²) in [6.07, 6.45) is 3.38. The molecule has 0 unspecified atom stereocenters. The third kappa shape index (κ3) is 1.41. The Morgan fingerprint density at radius 2 is 2.21 bits per heavy atom. The van der Waals surface area contributed by atoms with E-state index in [-0.39, 0.29) is 6.04 Å². The molecule has 74 valence electrons. The van der Waals surface area contributed by atoms with E-state index in [0.29, 0.717) is 0 Å². The molecular formula is C9H13N5. The molecule has 0 spiro atoms. The highest BCUT2D eigenvalue weighted by molar-refractivity contribution is 5.68. The fourth-order valence-electron chi connectivity index (χ4n) is 1.32. The van der Waals surface area contributed by atoms with Crippen molar-refractivity contribution in [3.8, 4) is 0 Å². The van der Waals surface area contributed by atoms with Gasteiger partial charge in [-0.2, -0.15) is 0 Å². The number of aryl methyl sites for hydroxylation is 1. The van der Waals surface area contributed by atoms with Crippen LogP contribution in [-0.4, -0.2) is 25.6 Å². The van der Waals surface area contributed by atoms with Crippen LogP contribution in [0.25, 0.3) is 11.2 Å². The van der Waals surface area contributed by atoms with Crippen molar-refractivity contribution in [3.63, 3.8) is 0 Å². The van der Waals surface area contributed by atoms with Crippen molar-refractivity contribution in [2.75, 3.05) is 0 Å². The first-order valence-corrected chi connectivity index (χ1v) is 4.57. The van der Waals surface area contributed by atoms with Gasteiger partial charge in [0.1, 0.15) is 5.52 Å². The first-order valence-electron chi connectivity index (χ1n) is 4.57. The number of nitrogens with zero attached hydrogens (tertiary/aromatic N) is 4. The predicted molar refractivity (Wildman–Crippen MR) is 53.6 cm³/mol. The van der Waals surface area contributed by atoms with Gasteiger partial charge in [0.2, 0.25) is 0 Å². The molecule has 0 aliphatic heterocycles. The van der Waals surface area contributed by atoms with Crippen LogP contribution in [0.4, 0.5) is 0 Å². The van der Waals surface area contributed by atoms with Crippen molar-refractivity contribution >= 4 is 11.2 Å². The molecule has 2 heterocycles. The zero-order chi connectivity index (χ0) is 10.1. The maximum atomic E-state index is 4.41. The highest BCUT2D eigenvalue weighted by atomic mass is 15.1. The van der Waals surface area contributed by atoms with E-state index in [9.17, 15) is 0 Å². The summed E-state index contributed by atoms with van der Waals surface area (Å²) in [6.45, 7) is 4.05. The van der Waals surface area contributed by atoms with Gasteiger partial charge in [-0.15, -0.1) is 0 Å². The number of imidazole rings is 1. The number of hydrogen-bond acceptors (Lipinski definition) is 3. The van der Waals surface area contributed by atoms with Crippen LogP contribution in [0.5, 0.6) is 0 Å². The lowest BCUT2D eigenvalue weighted by Crippen LogP contribution is -2.15. The minimum Gasteiger partial charge on any atom is -0.340 e. The first-order chi connectivity index (χ1) is 6.68. The number of aromatic nitrogens is 4. The van der Waals surface area contributed by atoms with E-state index in [1.165, 1.54) is 0 Å². The topological polar surface area (TPSA) is 58.9 Å². The Balaban J connectivity index is 2.79. The number of hydrogen-bond donors (Lipinski definition) is 1. The smallest absolute Gasteiger partial charge is 0.176 e. The van der Waals surface area contributed by atoms with Crippen molar-refractivity contribution in [1.82, 2.24) is 19.5 Å². The average Bonchev–Trinajstić information content (AvgIpc) is 2.58. The Morgan fingerprint density at radius 1 is 1.43 bits per heavy atom. The van der Waals surface area contributed by atoms with E-state index < -0.39 is 0 Å². The Morgan fingerprint density at radius 3 is 2.93 bits per heavy atom. The zero-order valence-corrected chi connectivity index (χ0v) is 8.52. The molecule has 2 aromatic heterocycles. The molecule has 14 heavy (non-hydrogen) atoms. The fraction of sp³-hybridized carbons (Fsp3) is 0.444. The fourth-order valence-corrected chi connectivity index (χ4v) is 1.32. The molecule has 0 aliphatic rings. The molecule has 2 rings (SSSR count). The lowest BCUT2D eigenvalue weighted by molar-refractivity contribution is 0.782. The van der Waals surface area contributed by atoms with E-state index in [2.05, 4.69) is 19.9 Å². The Hall–Kier alpha value is -1.65. The second-order valence-electron chi connectivity index (χ2n) is 3.50. The van der Waals surface area contributed by atoms with Gasteiger partial charge in [-0.05, 0) is 13.8 Å². The largest absolute Gasteiger partial charge is 0.340 e. The minimum atomic E-state index is 0.238. The number of rotatable bonds is 1. The summed E-state index contributed by atoms with van der Waals surface area (Å²) in [6, 6.07) is 0.238. The minimum absolute atomic E-state index is 0.238. The van der Waals surface area contributed by atoms with Crippen LogP contribution in [0, 0.1) is 0 Å². The molecule has 0 amide bonds. The molecule has 0 atom stereocenters. The van der Waals surface area contributed by atoms with Gasteiger partial charge in [-0.1, -0.05) is 0 Å². The van der Waals surface area contributed by atoms with Crippen LogP contribution in [0.3, 0.4) is 0 Å². The standard InChI is InChI=1S/C9H13N5/c1-6(2)13-8-7-9(11-4-10-7)14(3)5-12-8/h4-6H,1-3H3,(H,10,11). The molecule has 0 aromatic carbocycles. The molecule has 2 aromatic rings. The first kappa shape index (κ1) is 8.93. The summed E-state index contributed by atoms with van der Waals surface area (Å²) in [5.41, 5.74) is 2.49. The van der Waals surface area contributed by atoms with Crippen molar-refractivity contribution in [2.24, 2.45) is 12.0 Å². The monoisotopic (exact) mass is 191 g/mol. The summed E-state index contributed by atoms with van der Waals surface area (Å²) < 4.78 is 1.87. The quantitative estimate of drug-likeness (QED) is 0.717. The molecule has 0 bridgehead atoms. The Kier molecular flexibility index (Phi) is 2.07. The van der Waals surface area contributed by atoms with Gasteiger partial charge in [-0.3, -0.25) is 4.99 Å². The lowest BCUT2D eigenvalue weighted by atomic mass is 10.4. The third-order valence-corrected chi connectivity index (χ3v) is 1.91. The van der Waals surface area contributed by atoms with Crippen LogP contribution in [-0.2, 0) is 7.05 Å². The summed E-state index contributed by atoms with van der Waals surface area (Å²) in [5, 5.41) is 0. The maximum absolute atomic E-state index is 4.41. The molecule has 1 N–H and O–H groups in total. The summed E-state index contributed by atoms with van der Waals surface area (Å²) >= 11 is 0. The van der Waals surface area contributed by atoms with Crippen LogP contribution >= 0.6 is 0 Å². The molecule has 5 nitrogen and oxygen atoms in total. The highest BCUT2D eigenvalue weighted by Gasteiger charge is 2.01. The number of H-pyrrole nitrogens is 1. The molecule has 0 radical (unpaired) electrons. The predicted octanol–water partition coefficient (Wildman–Crippen LogP) is 0.605. The zero-order valence-electron chi connectivity index (χ0n) is 8.52. The maximum Gasteiger partial charge on any atom is 0.176 e. The van der Waals surface area contributed by atoms with Crippen LogP contribution < -0.4 is 5.49 Å². The normalized spacial score (nSPS) is 13.0. The Labute approximate surface area is 81.5 Å². The van der Waals surface area contributed by atoms with Gasteiger partial charge in [0.15, 0.2) is 11.1 Å². The average molecular weight is 191 g/mol. The van der Waals surface area contributed by atoms with Gasteiger partial charge in [0.05, 0.1) is 12.7 Å². The van der Waals surface area contributed by atoms with Crippen molar-refractivity contribution in [2.45, 2.75) is 19.9 Å². The number of fused-ring (bicyclic) bond motifs is 1. The van der Waals surface area contributed by atoms with E-state index in [4.69, 9.17) is 0 Å². The highest BCUT2D eigenvalue weighted by Crippen LogP contribution is 2.00. The van der Waals surface area contributed by atoms with Crippen molar-refractivity contribution in [3.05, 3.63) is 18.1 Å². The summed E-state index contributed by atoms with van der Waals surface area (Å²) in [7, 11) is 1.91. The number of nitrogens with one attached hydrogen (secondary N) is 1. The van der Waals surface area contributed by atoms with Gasteiger partial charge in [-0.25, -0.2) is 9.97 Å². The lowest BCUT2D eigenvalue weighted by Gasteiger charge is -1.99. The molecule has 0 aliphatic carbocycles. The van der Waals surface area contributed by atoms with Crippen molar-refractivity contribution in [1.29, 1.82) is 0 Å².